The largest absolute Gasteiger partial charge is 0.433 e. The van der Waals surface area contributed by atoms with Gasteiger partial charge in [-0.15, -0.1) is 0 Å². The van der Waals surface area contributed by atoms with Crippen LogP contribution in [0.15, 0.2) is 54.6 Å². The Hall–Kier alpha value is -2.62. The highest BCUT2D eigenvalue weighted by Crippen LogP contribution is 2.56. The molecule has 0 radical (unpaired) electrons. The van der Waals surface area contributed by atoms with E-state index in [1.807, 2.05) is 0 Å². The van der Waals surface area contributed by atoms with Gasteiger partial charge in [-0.1, -0.05) is 43.3 Å². The molecule has 2 aromatic carbocycles. The smallest absolute Gasteiger partial charge is 0.322 e. The summed E-state index contributed by atoms with van der Waals surface area (Å²) in [6.45, 7) is 0.904. The minimum Gasteiger partial charge on any atom is -0.322 e. The van der Waals surface area contributed by atoms with Gasteiger partial charge in [0.25, 0.3) is 5.91 Å². The van der Waals surface area contributed by atoms with Crippen LogP contribution in [0.25, 0.3) is 0 Å². The van der Waals surface area contributed by atoms with Crippen LogP contribution in [0.3, 0.4) is 0 Å². The first kappa shape index (κ1) is 22.7. The van der Waals surface area contributed by atoms with Gasteiger partial charge in [0, 0.05) is 11.3 Å². The molecule has 0 fully saturated rings. The second-order valence-electron chi connectivity index (χ2n) is 6.34. The standard InChI is InChI=1S/C19H17F7N2O/c1-2-16(27,17(20,18(21,22)23)19(24,25)26)13-10-6-7-11-14(13)28-15(29)12-8-4-3-5-9-12/h3-11H,2,27H2,1H3,(H,28,29). The minimum atomic E-state index is -6.35. The van der Waals surface area contributed by atoms with Crippen molar-refractivity contribution in [2.75, 3.05) is 5.32 Å². The molecule has 0 aliphatic rings. The normalized spacial score (nSPS) is 14.9. The van der Waals surface area contributed by atoms with E-state index in [2.05, 4.69) is 5.32 Å². The zero-order valence-electron chi connectivity index (χ0n) is 15.0. The van der Waals surface area contributed by atoms with Gasteiger partial charge >= 0.3 is 18.0 Å². The maximum atomic E-state index is 14.9. The molecule has 3 N–H and O–H groups in total. The van der Waals surface area contributed by atoms with Crippen molar-refractivity contribution in [2.24, 2.45) is 5.73 Å². The number of hydrogen-bond donors (Lipinski definition) is 2. The number of rotatable bonds is 5. The zero-order chi connectivity index (χ0) is 22.1. The molecule has 0 spiro atoms. The fourth-order valence-electron chi connectivity index (χ4n) is 3.05. The number of halogens is 7. The molecule has 2 aromatic rings. The van der Waals surface area contributed by atoms with Gasteiger partial charge in [-0.3, -0.25) is 4.79 Å². The van der Waals surface area contributed by atoms with E-state index < -0.39 is 47.1 Å². The number of nitrogens with one attached hydrogen (secondary N) is 1. The van der Waals surface area contributed by atoms with Crippen LogP contribution in [0.1, 0.15) is 29.3 Å². The average molecular weight is 422 g/mol. The third kappa shape index (κ3) is 3.81. The predicted molar refractivity (Wildman–Crippen MR) is 92.9 cm³/mol. The fraction of sp³-hybridized carbons (Fsp3) is 0.316. The number of amides is 1. The van der Waals surface area contributed by atoms with Gasteiger partial charge in [0.15, 0.2) is 0 Å². The van der Waals surface area contributed by atoms with Crippen LogP contribution >= 0.6 is 0 Å². The summed E-state index contributed by atoms with van der Waals surface area (Å²) in [5.41, 5.74) is -4.98. The van der Waals surface area contributed by atoms with Gasteiger partial charge in [0.1, 0.15) is 0 Å². The SMILES string of the molecule is CCC(N)(c1ccccc1NC(=O)c1ccccc1)C(F)(C(F)(F)F)C(F)(F)F. The van der Waals surface area contributed by atoms with Crippen molar-refractivity contribution < 1.29 is 35.5 Å². The Kier molecular flexibility index (Phi) is 5.99. The van der Waals surface area contributed by atoms with Crippen LogP contribution in [0.2, 0.25) is 0 Å². The van der Waals surface area contributed by atoms with E-state index in [9.17, 15) is 35.5 Å². The molecular formula is C19H17F7N2O. The maximum absolute atomic E-state index is 14.9. The number of alkyl halides is 7. The van der Waals surface area contributed by atoms with Crippen molar-refractivity contribution in [3.63, 3.8) is 0 Å². The molecule has 1 unspecified atom stereocenters. The Morgan fingerprint density at radius 3 is 1.83 bits per heavy atom. The highest BCUT2D eigenvalue weighted by atomic mass is 19.4. The molecule has 0 heterocycles. The van der Waals surface area contributed by atoms with Gasteiger partial charge in [0.05, 0.1) is 5.54 Å². The molecule has 0 saturated heterocycles. The first-order valence-corrected chi connectivity index (χ1v) is 8.36. The van der Waals surface area contributed by atoms with Crippen LogP contribution < -0.4 is 11.1 Å². The van der Waals surface area contributed by atoms with E-state index in [4.69, 9.17) is 5.73 Å². The van der Waals surface area contributed by atoms with Crippen molar-refractivity contribution in [1.29, 1.82) is 0 Å². The van der Waals surface area contributed by atoms with Gasteiger partial charge in [-0.25, -0.2) is 4.39 Å². The summed E-state index contributed by atoms with van der Waals surface area (Å²) in [6, 6.07) is 11.7. The summed E-state index contributed by atoms with van der Waals surface area (Å²) in [5.74, 6) is -0.806. The lowest BCUT2D eigenvalue weighted by Gasteiger charge is -2.44. The monoisotopic (exact) mass is 422 g/mol. The summed E-state index contributed by atoms with van der Waals surface area (Å²) < 4.78 is 95.1. The molecule has 0 aliphatic heterocycles. The first-order chi connectivity index (χ1) is 13.3. The van der Waals surface area contributed by atoms with E-state index in [1.54, 1.807) is 6.07 Å². The van der Waals surface area contributed by atoms with E-state index in [1.165, 1.54) is 30.3 Å². The maximum Gasteiger partial charge on any atom is 0.433 e. The Bertz CT molecular complexity index is 851. The minimum absolute atomic E-state index is 0.0968. The first-order valence-electron chi connectivity index (χ1n) is 8.36. The quantitative estimate of drug-likeness (QED) is 0.640. The Morgan fingerprint density at radius 2 is 1.34 bits per heavy atom. The van der Waals surface area contributed by atoms with Crippen LogP contribution in [-0.4, -0.2) is 23.9 Å². The highest BCUT2D eigenvalue weighted by Gasteiger charge is 2.80. The zero-order valence-corrected chi connectivity index (χ0v) is 15.0. The van der Waals surface area contributed by atoms with Crippen molar-refractivity contribution in [3.8, 4) is 0 Å². The Labute approximate surface area is 161 Å². The molecule has 3 nitrogen and oxygen atoms in total. The van der Waals surface area contributed by atoms with E-state index in [0.717, 1.165) is 25.1 Å². The average Bonchev–Trinajstić information content (AvgIpc) is 2.66. The molecule has 29 heavy (non-hydrogen) atoms. The van der Waals surface area contributed by atoms with Gasteiger partial charge in [-0.2, -0.15) is 26.3 Å². The number of nitrogens with two attached hydrogens (primary N) is 1. The molecule has 158 valence electrons. The van der Waals surface area contributed by atoms with E-state index >= 15 is 0 Å². The molecule has 2 rings (SSSR count). The van der Waals surface area contributed by atoms with Crippen LogP contribution in [-0.2, 0) is 5.54 Å². The molecule has 1 atom stereocenters. The number of carbonyl (C=O) groups excluding carboxylic acids is 1. The number of benzene rings is 2. The van der Waals surface area contributed by atoms with E-state index in [-0.39, 0.29) is 5.56 Å². The van der Waals surface area contributed by atoms with Gasteiger partial charge < -0.3 is 11.1 Å². The number of carbonyl (C=O) groups is 1. The second kappa shape index (κ2) is 7.66. The third-order valence-corrected chi connectivity index (χ3v) is 4.65. The molecule has 1 amide bonds. The Morgan fingerprint density at radius 1 is 0.862 bits per heavy atom. The molecule has 10 heteroatoms. The van der Waals surface area contributed by atoms with Crippen molar-refractivity contribution >= 4 is 11.6 Å². The molecular weight excluding hydrogens is 405 g/mol. The number of hydrogen-bond acceptors (Lipinski definition) is 2. The van der Waals surface area contributed by atoms with Gasteiger partial charge in [0.2, 0.25) is 0 Å². The number of anilines is 1. The summed E-state index contributed by atoms with van der Waals surface area (Å²) in [6.07, 6.45) is -13.8. The number of para-hydroxylation sites is 1. The van der Waals surface area contributed by atoms with Gasteiger partial charge in [-0.05, 0) is 30.2 Å². The highest BCUT2D eigenvalue weighted by molar-refractivity contribution is 6.04. The third-order valence-electron chi connectivity index (χ3n) is 4.65. The summed E-state index contributed by atoms with van der Waals surface area (Å²) in [7, 11) is 0. The molecule has 0 aromatic heterocycles. The lowest BCUT2D eigenvalue weighted by molar-refractivity contribution is -0.363. The second-order valence-corrected chi connectivity index (χ2v) is 6.34. The fourth-order valence-corrected chi connectivity index (χ4v) is 3.05. The van der Waals surface area contributed by atoms with Crippen LogP contribution in [0.4, 0.5) is 36.4 Å². The van der Waals surface area contributed by atoms with Crippen molar-refractivity contribution in [1.82, 2.24) is 0 Å². The van der Waals surface area contributed by atoms with Crippen molar-refractivity contribution in [2.45, 2.75) is 36.9 Å². The lowest BCUT2D eigenvalue weighted by Crippen LogP contribution is -2.69. The molecule has 0 bridgehead atoms. The Balaban J connectivity index is 2.64. The summed E-state index contributed by atoms with van der Waals surface area (Å²) >= 11 is 0. The molecule has 0 saturated carbocycles. The molecule has 0 aliphatic carbocycles. The summed E-state index contributed by atoms with van der Waals surface area (Å²) in [4.78, 5) is 12.3. The topological polar surface area (TPSA) is 55.1 Å². The lowest BCUT2D eigenvalue weighted by atomic mass is 9.72. The van der Waals surface area contributed by atoms with Crippen LogP contribution in [0, 0.1) is 0 Å². The van der Waals surface area contributed by atoms with Crippen LogP contribution in [0.5, 0.6) is 0 Å². The summed E-state index contributed by atoms with van der Waals surface area (Å²) in [5, 5.41) is 2.22. The predicted octanol–water partition coefficient (Wildman–Crippen LogP) is 5.34. The van der Waals surface area contributed by atoms with Crippen molar-refractivity contribution in [3.05, 3.63) is 65.7 Å². The van der Waals surface area contributed by atoms with E-state index in [0.29, 0.717) is 0 Å².